The van der Waals surface area contributed by atoms with E-state index < -0.39 is 17.6 Å². The Morgan fingerprint density at radius 3 is 2.50 bits per heavy atom. The quantitative estimate of drug-likeness (QED) is 0.876. The molecule has 1 aromatic carbocycles. The summed E-state index contributed by atoms with van der Waals surface area (Å²) in [5, 5.41) is 6.55. The molecule has 3 nitrogen and oxygen atoms in total. The highest BCUT2D eigenvalue weighted by Crippen LogP contribution is 2.30. The SMILES string of the molecule is Cc1cc(CNCc2cc(F)cc(C(F)(F)F)c2)on1. The van der Waals surface area contributed by atoms with Crippen molar-refractivity contribution in [1.29, 1.82) is 0 Å². The molecule has 1 heterocycles. The van der Waals surface area contributed by atoms with Gasteiger partial charge in [-0.05, 0) is 30.7 Å². The molecule has 0 radical (unpaired) electrons. The van der Waals surface area contributed by atoms with Crippen molar-refractivity contribution in [3.8, 4) is 0 Å². The lowest BCUT2D eigenvalue weighted by atomic mass is 10.1. The third kappa shape index (κ3) is 3.80. The summed E-state index contributed by atoms with van der Waals surface area (Å²) in [7, 11) is 0. The minimum Gasteiger partial charge on any atom is -0.360 e. The molecule has 0 amide bonds. The number of rotatable bonds is 4. The molecule has 0 spiro atoms. The Bertz CT molecular complexity index is 592. The zero-order chi connectivity index (χ0) is 14.8. The number of halogens is 4. The molecule has 0 saturated heterocycles. The van der Waals surface area contributed by atoms with Crippen LogP contribution < -0.4 is 5.32 Å². The lowest BCUT2D eigenvalue weighted by molar-refractivity contribution is -0.137. The van der Waals surface area contributed by atoms with Crippen molar-refractivity contribution in [3.05, 3.63) is 52.7 Å². The average molecular weight is 288 g/mol. The molecule has 20 heavy (non-hydrogen) atoms. The molecular formula is C13H12F4N2O. The van der Waals surface area contributed by atoms with Crippen molar-refractivity contribution < 1.29 is 22.1 Å². The van der Waals surface area contributed by atoms with Crippen molar-refractivity contribution in [3.63, 3.8) is 0 Å². The summed E-state index contributed by atoms with van der Waals surface area (Å²) in [4.78, 5) is 0. The van der Waals surface area contributed by atoms with E-state index in [0.717, 1.165) is 12.1 Å². The molecule has 0 aliphatic heterocycles. The Labute approximate surface area is 112 Å². The number of aromatic nitrogens is 1. The number of nitrogens with one attached hydrogen (secondary N) is 1. The lowest BCUT2D eigenvalue weighted by Crippen LogP contribution is -2.14. The summed E-state index contributed by atoms with van der Waals surface area (Å²) in [6, 6.07) is 4.17. The van der Waals surface area contributed by atoms with Crippen LogP contribution in [-0.2, 0) is 19.3 Å². The Balaban J connectivity index is 2.00. The monoisotopic (exact) mass is 288 g/mol. The van der Waals surface area contributed by atoms with E-state index in [1.807, 2.05) is 0 Å². The van der Waals surface area contributed by atoms with E-state index in [9.17, 15) is 17.6 Å². The molecule has 1 aromatic heterocycles. The van der Waals surface area contributed by atoms with Gasteiger partial charge in [0.25, 0.3) is 0 Å². The normalized spacial score (nSPS) is 11.8. The Hall–Kier alpha value is -1.89. The Kier molecular flexibility index (Phi) is 4.08. The third-order valence-corrected chi connectivity index (χ3v) is 2.59. The number of alkyl halides is 3. The highest BCUT2D eigenvalue weighted by Gasteiger charge is 2.31. The van der Waals surface area contributed by atoms with Gasteiger partial charge in [-0.15, -0.1) is 0 Å². The van der Waals surface area contributed by atoms with Gasteiger partial charge < -0.3 is 9.84 Å². The molecule has 7 heteroatoms. The van der Waals surface area contributed by atoms with E-state index in [4.69, 9.17) is 4.52 Å². The van der Waals surface area contributed by atoms with Crippen LogP contribution in [0.5, 0.6) is 0 Å². The molecule has 2 rings (SSSR count). The van der Waals surface area contributed by atoms with Gasteiger partial charge in [-0.2, -0.15) is 13.2 Å². The fourth-order valence-corrected chi connectivity index (χ4v) is 1.75. The molecule has 0 aliphatic rings. The number of aryl methyl sites for hydroxylation is 1. The molecule has 0 bridgehead atoms. The molecule has 2 aromatic rings. The van der Waals surface area contributed by atoms with Gasteiger partial charge in [0.2, 0.25) is 0 Å². The van der Waals surface area contributed by atoms with Gasteiger partial charge in [0.1, 0.15) is 5.82 Å². The summed E-state index contributed by atoms with van der Waals surface area (Å²) in [5.41, 5.74) is -0.0646. The summed E-state index contributed by atoms with van der Waals surface area (Å²) in [6.45, 7) is 2.16. The van der Waals surface area contributed by atoms with Crippen LogP contribution in [0, 0.1) is 12.7 Å². The van der Waals surface area contributed by atoms with Crippen LogP contribution in [0.15, 0.2) is 28.8 Å². The van der Waals surface area contributed by atoms with Crippen molar-refractivity contribution in [2.75, 3.05) is 0 Å². The van der Waals surface area contributed by atoms with Gasteiger partial charge in [0.05, 0.1) is 17.8 Å². The first-order chi connectivity index (χ1) is 9.34. The molecule has 0 unspecified atom stereocenters. The average Bonchev–Trinajstić information content (AvgIpc) is 2.73. The third-order valence-electron chi connectivity index (χ3n) is 2.59. The maximum atomic E-state index is 13.2. The highest BCUT2D eigenvalue weighted by atomic mass is 19.4. The maximum absolute atomic E-state index is 13.2. The summed E-state index contributed by atoms with van der Waals surface area (Å²) in [6.07, 6.45) is -4.56. The van der Waals surface area contributed by atoms with Gasteiger partial charge in [0.15, 0.2) is 5.76 Å². The molecular weight excluding hydrogens is 276 g/mol. The van der Waals surface area contributed by atoms with Crippen molar-refractivity contribution in [1.82, 2.24) is 10.5 Å². The van der Waals surface area contributed by atoms with E-state index in [-0.39, 0.29) is 12.1 Å². The predicted octanol–water partition coefficient (Wildman–Crippen LogP) is 3.43. The second-order valence-corrected chi connectivity index (χ2v) is 4.38. The minimum atomic E-state index is -4.56. The van der Waals surface area contributed by atoms with E-state index in [0.29, 0.717) is 24.1 Å². The first kappa shape index (κ1) is 14.5. The molecule has 108 valence electrons. The van der Waals surface area contributed by atoms with Crippen LogP contribution in [0.3, 0.4) is 0 Å². The molecule has 0 atom stereocenters. The van der Waals surface area contributed by atoms with Gasteiger partial charge in [-0.25, -0.2) is 4.39 Å². The van der Waals surface area contributed by atoms with Crippen LogP contribution in [0.1, 0.15) is 22.6 Å². The fourth-order valence-electron chi connectivity index (χ4n) is 1.75. The van der Waals surface area contributed by atoms with Crippen LogP contribution in [0.2, 0.25) is 0 Å². The summed E-state index contributed by atoms with van der Waals surface area (Å²) in [5.74, 6) is -0.345. The van der Waals surface area contributed by atoms with Crippen LogP contribution in [0.4, 0.5) is 17.6 Å². The number of hydrogen-bond donors (Lipinski definition) is 1. The van der Waals surface area contributed by atoms with Crippen molar-refractivity contribution in [2.24, 2.45) is 0 Å². The van der Waals surface area contributed by atoms with Gasteiger partial charge in [0, 0.05) is 12.6 Å². The predicted molar refractivity (Wildman–Crippen MR) is 63.2 cm³/mol. The van der Waals surface area contributed by atoms with Crippen LogP contribution in [-0.4, -0.2) is 5.16 Å². The summed E-state index contributed by atoms with van der Waals surface area (Å²) >= 11 is 0. The fraction of sp³-hybridized carbons (Fsp3) is 0.308. The van der Waals surface area contributed by atoms with E-state index in [2.05, 4.69) is 10.5 Å². The second kappa shape index (κ2) is 5.62. The van der Waals surface area contributed by atoms with E-state index in [1.54, 1.807) is 13.0 Å². The van der Waals surface area contributed by atoms with Gasteiger partial charge in [-0.3, -0.25) is 0 Å². The first-order valence-electron chi connectivity index (χ1n) is 5.84. The number of nitrogens with zero attached hydrogens (tertiary/aromatic N) is 1. The van der Waals surface area contributed by atoms with Crippen LogP contribution in [0.25, 0.3) is 0 Å². The molecule has 0 aliphatic carbocycles. The topological polar surface area (TPSA) is 38.1 Å². The summed E-state index contributed by atoms with van der Waals surface area (Å²) < 4.78 is 55.7. The van der Waals surface area contributed by atoms with Gasteiger partial charge in [-0.1, -0.05) is 5.16 Å². The lowest BCUT2D eigenvalue weighted by Gasteiger charge is -2.09. The smallest absolute Gasteiger partial charge is 0.360 e. The number of benzene rings is 1. The van der Waals surface area contributed by atoms with Gasteiger partial charge >= 0.3 is 6.18 Å². The zero-order valence-electron chi connectivity index (χ0n) is 10.6. The molecule has 0 saturated carbocycles. The minimum absolute atomic E-state index is 0.0978. The Morgan fingerprint density at radius 2 is 1.90 bits per heavy atom. The molecule has 1 N–H and O–H groups in total. The second-order valence-electron chi connectivity index (χ2n) is 4.38. The number of hydrogen-bond acceptors (Lipinski definition) is 3. The maximum Gasteiger partial charge on any atom is 0.416 e. The van der Waals surface area contributed by atoms with E-state index in [1.165, 1.54) is 0 Å². The largest absolute Gasteiger partial charge is 0.416 e. The zero-order valence-corrected chi connectivity index (χ0v) is 10.6. The molecule has 0 fully saturated rings. The van der Waals surface area contributed by atoms with Crippen molar-refractivity contribution in [2.45, 2.75) is 26.2 Å². The highest BCUT2D eigenvalue weighted by molar-refractivity contribution is 5.26. The first-order valence-corrected chi connectivity index (χ1v) is 5.84. The van der Waals surface area contributed by atoms with Crippen molar-refractivity contribution >= 4 is 0 Å². The van der Waals surface area contributed by atoms with Crippen LogP contribution >= 0.6 is 0 Å². The Morgan fingerprint density at radius 1 is 1.15 bits per heavy atom. The standard InChI is InChI=1S/C13H12F4N2O/c1-8-2-12(20-19-8)7-18-6-9-3-10(13(15,16)17)5-11(14)4-9/h2-5,18H,6-7H2,1H3. The van der Waals surface area contributed by atoms with E-state index >= 15 is 0 Å².